The van der Waals surface area contributed by atoms with Crippen LogP contribution in [-0.2, 0) is 33.1 Å². The molecule has 2 aromatic rings. The van der Waals surface area contributed by atoms with Crippen molar-refractivity contribution in [2.24, 2.45) is 0 Å². The summed E-state index contributed by atoms with van der Waals surface area (Å²) in [4.78, 5) is 40.0. The van der Waals surface area contributed by atoms with E-state index in [1.165, 1.54) is 24.1 Å². The summed E-state index contributed by atoms with van der Waals surface area (Å²) >= 11 is 0. The van der Waals surface area contributed by atoms with Gasteiger partial charge >= 0.3 is 30.7 Å². The van der Waals surface area contributed by atoms with Crippen molar-refractivity contribution in [2.45, 2.75) is 51.2 Å². The van der Waals surface area contributed by atoms with Crippen molar-refractivity contribution in [2.75, 3.05) is 32.8 Å². The van der Waals surface area contributed by atoms with Crippen LogP contribution in [0.4, 0.5) is 46.4 Å². The molecule has 43 heavy (non-hydrogen) atoms. The third kappa shape index (κ3) is 7.35. The zero-order valence-electron chi connectivity index (χ0n) is 23.6. The lowest BCUT2D eigenvalue weighted by Gasteiger charge is -2.42. The smallest absolute Gasteiger partial charge is 0.493 e. The predicted molar refractivity (Wildman–Crippen MR) is 137 cm³/mol. The number of carbonyl (C=O) groups is 3. The molecule has 3 rings (SSSR count). The first kappa shape index (κ1) is 33.1. The number of hydrogen-bond acceptors (Lipinski definition) is 8. The minimum Gasteiger partial charge on any atom is -0.493 e. The number of amides is 2. The number of carbonyl (C=O) groups excluding carboxylic acids is 3. The van der Waals surface area contributed by atoms with E-state index in [4.69, 9.17) is 18.9 Å². The fourth-order valence-electron chi connectivity index (χ4n) is 4.70. The Bertz CT molecular complexity index is 1330. The number of benzene rings is 2. The minimum absolute atomic E-state index is 0.00609. The van der Waals surface area contributed by atoms with Crippen LogP contribution in [0.25, 0.3) is 0 Å². The Morgan fingerprint density at radius 3 is 2.00 bits per heavy atom. The quantitative estimate of drug-likeness (QED) is 0.148. The van der Waals surface area contributed by atoms with E-state index < -0.39 is 66.0 Å². The van der Waals surface area contributed by atoms with Crippen LogP contribution < -0.4 is 14.4 Å². The molecule has 0 bridgehead atoms. The minimum atomic E-state index is -5.11. The molecule has 0 spiro atoms. The molecule has 1 aliphatic rings. The second kappa shape index (κ2) is 12.9. The monoisotopic (exact) mass is 622 g/mol. The van der Waals surface area contributed by atoms with Crippen LogP contribution in [0, 0.1) is 0 Å². The van der Waals surface area contributed by atoms with Gasteiger partial charge in [-0.05, 0) is 50.1 Å². The van der Waals surface area contributed by atoms with Crippen molar-refractivity contribution >= 4 is 24.0 Å². The SMILES string of the molecule is CCOC(=O)N1c2cc(OC(=O)OC)c(OC)cc2C(N(Cc2cc(C(F)(F)F)cc(C(F)(F)F)c2)C(=O)OC)CC1C. The number of anilines is 1. The Morgan fingerprint density at radius 1 is 0.907 bits per heavy atom. The molecule has 10 nitrogen and oxygen atoms in total. The maximum atomic E-state index is 13.5. The van der Waals surface area contributed by atoms with Crippen LogP contribution in [0.3, 0.4) is 0 Å². The van der Waals surface area contributed by atoms with Crippen molar-refractivity contribution in [1.29, 1.82) is 0 Å². The highest BCUT2D eigenvalue weighted by atomic mass is 19.4. The summed E-state index contributed by atoms with van der Waals surface area (Å²) in [5.74, 6) is -0.247. The zero-order chi connectivity index (χ0) is 32.3. The number of ether oxygens (including phenoxy) is 5. The van der Waals surface area contributed by atoms with Crippen molar-refractivity contribution in [3.05, 3.63) is 52.6 Å². The van der Waals surface area contributed by atoms with E-state index in [1.807, 2.05) is 0 Å². The van der Waals surface area contributed by atoms with Crippen LogP contribution in [0.2, 0.25) is 0 Å². The lowest BCUT2D eigenvalue weighted by molar-refractivity contribution is -0.143. The van der Waals surface area contributed by atoms with Crippen LogP contribution >= 0.6 is 0 Å². The van der Waals surface area contributed by atoms with Gasteiger partial charge in [-0.1, -0.05) is 0 Å². The molecule has 1 aliphatic heterocycles. The van der Waals surface area contributed by atoms with Crippen LogP contribution in [0.5, 0.6) is 11.5 Å². The standard InChI is InChI=1S/C27H28F6N2O8/c1-6-42-24(37)35-14(2)7-19(18-11-21(39-3)22(12-20(18)35)43-25(38)41-5)34(23(36)40-4)13-15-8-16(26(28,29)30)10-17(9-15)27(31,32)33/h8-12,14,19H,6-7,13H2,1-5H3. The maximum absolute atomic E-state index is 13.5. The van der Waals surface area contributed by atoms with E-state index in [-0.39, 0.29) is 41.8 Å². The topological polar surface area (TPSA) is 104 Å². The predicted octanol–water partition coefficient (Wildman–Crippen LogP) is 6.94. The molecule has 2 aromatic carbocycles. The molecule has 0 N–H and O–H groups in total. The van der Waals surface area contributed by atoms with E-state index in [2.05, 4.69) is 4.74 Å². The summed E-state index contributed by atoms with van der Waals surface area (Å²) in [6, 6.07) is 1.75. The fraction of sp³-hybridized carbons (Fsp3) is 0.444. The molecule has 0 aliphatic carbocycles. The first-order chi connectivity index (χ1) is 20.0. The van der Waals surface area contributed by atoms with Gasteiger partial charge in [0, 0.05) is 24.2 Å². The summed E-state index contributed by atoms with van der Waals surface area (Å²) in [5, 5.41) is 0. The largest absolute Gasteiger partial charge is 0.513 e. The van der Waals surface area contributed by atoms with Gasteiger partial charge in [-0.3, -0.25) is 9.80 Å². The molecule has 0 saturated heterocycles. The highest BCUT2D eigenvalue weighted by Gasteiger charge is 2.42. The molecule has 0 radical (unpaired) electrons. The lowest BCUT2D eigenvalue weighted by atomic mass is 9.90. The highest BCUT2D eigenvalue weighted by Crippen LogP contribution is 2.47. The van der Waals surface area contributed by atoms with Gasteiger partial charge < -0.3 is 23.7 Å². The van der Waals surface area contributed by atoms with Gasteiger partial charge in [0.25, 0.3) is 0 Å². The van der Waals surface area contributed by atoms with Crippen molar-refractivity contribution in [1.82, 2.24) is 4.90 Å². The normalized spacial score (nSPS) is 16.6. The summed E-state index contributed by atoms with van der Waals surface area (Å²) < 4.78 is 106. The van der Waals surface area contributed by atoms with Gasteiger partial charge in [0.15, 0.2) is 11.5 Å². The fourth-order valence-corrected chi connectivity index (χ4v) is 4.70. The molecular formula is C27H28F6N2O8. The van der Waals surface area contributed by atoms with Gasteiger partial charge in [0.1, 0.15) is 0 Å². The van der Waals surface area contributed by atoms with E-state index in [9.17, 15) is 40.7 Å². The number of methoxy groups -OCH3 is 3. The Hall–Kier alpha value is -4.37. The molecule has 16 heteroatoms. The van der Waals surface area contributed by atoms with E-state index in [0.29, 0.717) is 12.1 Å². The molecule has 0 saturated carbocycles. The Kier molecular flexibility index (Phi) is 9.92. The third-order valence-electron chi connectivity index (χ3n) is 6.55. The van der Waals surface area contributed by atoms with Gasteiger partial charge in [0.2, 0.25) is 0 Å². The number of alkyl halides is 6. The van der Waals surface area contributed by atoms with Gasteiger partial charge in [0.05, 0.1) is 50.8 Å². The van der Waals surface area contributed by atoms with Gasteiger partial charge in [-0.25, -0.2) is 14.4 Å². The number of hydrogen-bond donors (Lipinski definition) is 0. The second-order valence-electron chi connectivity index (χ2n) is 9.30. The molecule has 2 amide bonds. The number of rotatable bonds is 6. The van der Waals surface area contributed by atoms with Crippen LogP contribution in [0.1, 0.15) is 48.6 Å². The molecule has 2 unspecified atom stereocenters. The van der Waals surface area contributed by atoms with Gasteiger partial charge in [-0.2, -0.15) is 26.3 Å². The average molecular weight is 623 g/mol. The van der Waals surface area contributed by atoms with E-state index >= 15 is 0 Å². The lowest BCUT2D eigenvalue weighted by Crippen LogP contribution is -2.47. The van der Waals surface area contributed by atoms with Crippen molar-refractivity contribution in [3.63, 3.8) is 0 Å². The van der Waals surface area contributed by atoms with E-state index in [0.717, 1.165) is 19.1 Å². The highest BCUT2D eigenvalue weighted by molar-refractivity contribution is 5.91. The number of halogens is 6. The zero-order valence-corrected chi connectivity index (χ0v) is 23.6. The molecule has 0 fully saturated rings. The summed E-state index contributed by atoms with van der Waals surface area (Å²) in [7, 11) is 3.28. The average Bonchev–Trinajstić information content (AvgIpc) is 2.93. The third-order valence-corrected chi connectivity index (χ3v) is 6.55. The number of nitrogens with zero attached hydrogens (tertiary/aromatic N) is 2. The molecule has 0 aromatic heterocycles. The van der Waals surface area contributed by atoms with Crippen LogP contribution in [-0.4, -0.2) is 57.2 Å². The van der Waals surface area contributed by atoms with Crippen molar-refractivity contribution < 1.29 is 64.4 Å². The summed E-state index contributed by atoms with van der Waals surface area (Å²) in [6.07, 6.45) is -13.3. The molecule has 1 heterocycles. The molecule has 2 atom stereocenters. The first-order valence-electron chi connectivity index (χ1n) is 12.6. The summed E-state index contributed by atoms with van der Waals surface area (Å²) in [5.41, 5.74) is -3.35. The van der Waals surface area contributed by atoms with Gasteiger partial charge in [-0.15, -0.1) is 0 Å². The Balaban J connectivity index is 2.23. The maximum Gasteiger partial charge on any atom is 0.513 e. The van der Waals surface area contributed by atoms with Crippen LogP contribution in [0.15, 0.2) is 30.3 Å². The molecular weight excluding hydrogens is 594 g/mol. The molecule has 236 valence electrons. The van der Waals surface area contributed by atoms with Crippen molar-refractivity contribution in [3.8, 4) is 11.5 Å². The first-order valence-corrected chi connectivity index (χ1v) is 12.6. The Labute approximate surface area is 242 Å². The second-order valence-corrected chi connectivity index (χ2v) is 9.30. The van der Waals surface area contributed by atoms with E-state index in [1.54, 1.807) is 13.8 Å². The number of fused-ring (bicyclic) bond motifs is 1. The summed E-state index contributed by atoms with van der Waals surface area (Å²) in [6.45, 7) is 2.41. The Morgan fingerprint density at radius 2 is 1.51 bits per heavy atom.